The van der Waals surface area contributed by atoms with E-state index < -0.39 is 0 Å². The van der Waals surface area contributed by atoms with Gasteiger partial charge in [-0.1, -0.05) is 5.16 Å². The molecule has 8 heteroatoms. The first-order valence-corrected chi connectivity index (χ1v) is 7.82. The summed E-state index contributed by atoms with van der Waals surface area (Å²) in [5.41, 5.74) is 2.45. The van der Waals surface area contributed by atoms with E-state index in [-0.39, 0.29) is 11.1 Å². The number of halogens is 1. The second kappa shape index (κ2) is 7.27. The zero-order valence-electron chi connectivity index (χ0n) is 13.1. The summed E-state index contributed by atoms with van der Waals surface area (Å²) >= 11 is 5.89. The lowest BCUT2D eigenvalue weighted by molar-refractivity contribution is -0.121. The van der Waals surface area contributed by atoms with Crippen molar-refractivity contribution in [2.24, 2.45) is 0 Å². The van der Waals surface area contributed by atoms with Crippen molar-refractivity contribution in [3.05, 3.63) is 59.1 Å². The Morgan fingerprint density at radius 2 is 2.29 bits per heavy atom. The number of pyridine rings is 1. The van der Waals surface area contributed by atoms with E-state index in [0.717, 1.165) is 16.9 Å². The molecule has 3 heterocycles. The molecule has 0 spiro atoms. The molecule has 0 aliphatic carbocycles. The molecule has 1 N–H and O–H groups in total. The first-order valence-electron chi connectivity index (χ1n) is 7.44. The summed E-state index contributed by atoms with van der Waals surface area (Å²) in [6, 6.07) is 3.77. The van der Waals surface area contributed by atoms with Crippen molar-refractivity contribution in [1.29, 1.82) is 0 Å². The van der Waals surface area contributed by atoms with Gasteiger partial charge in [-0.3, -0.25) is 9.36 Å². The molecule has 3 aromatic heterocycles. The molecule has 3 aromatic rings. The summed E-state index contributed by atoms with van der Waals surface area (Å²) < 4.78 is 6.68. The quantitative estimate of drug-likeness (QED) is 0.741. The Bertz CT molecular complexity index is 809. The fourth-order valence-corrected chi connectivity index (χ4v) is 2.54. The van der Waals surface area contributed by atoms with E-state index in [2.05, 4.69) is 20.4 Å². The summed E-state index contributed by atoms with van der Waals surface area (Å²) in [4.78, 5) is 20.3. The van der Waals surface area contributed by atoms with Crippen molar-refractivity contribution in [3.63, 3.8) is 0 Å². The van der Waals surface area contributed by atoms with Crippen LogP contribution < -0.4 is 5.32 Å². The number of nitrogens with one attached hydrogen (secondary N) is 1. The Balaban J connectivity index is 1.54. The standard InChI is InChI=1S/C16H16ClN5O2/c1-11-13(16(17)24-21-11)2-3-15(23)20-9-12-4-5-19-14(8-12)22-7-6-18-10-22/h4-8,10H,2-3,9H2,1H3,(H,20,23). The fraction of sp³-hybridized carbons (Fsp3) is 0.250. The summed E-state index contributed by atoms with van der Waals surface area (Å²) in [5, 5.41) is 6.91. The summed E-state index contributed by atoms with van der Waals surface area (Å²) in [7, 11) is 0. The third kappa shape index (κ3) is 3.80. The van der Waals surface area contributed by atoms with Crippen LogP contribution in [0.25, 0.3) is 5.82 Å². The number of amides is 1. The number of rotatable bonds is 6. The molecule has 0 aliphatic rings. The van der Waals surface area contributed by atoms with Gasteiger partial charge >= 0.3 is 0 Å². The van der Waals surface area contributed by atoms with Crippen LogP contribution in [-0.4, -0.2) is 25.6 Å². The van der Waals surface area contributed by atoms with Crippen molar-refractivity contribution in [3.8, 4) is 5.82 Å². The maximum absolute atomic E-state index is 12.0. The lowest BCUT2D eigenvalue weighted by Gasteiger charge is -2.07. The van der Waals surface area contributed by atoms with Gasteiger partial charge in [-0.2, -0.15) is 0 Å². The fourth-order valence-electron chi connectivity index (χ4n) is 2.27. The minimum Gasteiger partial charge on any atom is -0.352 e. The summed E-state index contributed by atoms with van der Waals surface area (Å²) in [5.74, 6) is 0.693. The molecule has 0 aliphatic heterocycles. The molecule has 1 amide bonds. The second-order valence-electron chi connectivity index (χ2n) is 5.29. The predicted molar refractivity (Wildman–Crippen MR) is 87.8 cm³/mol. The predicted octanol–water partition coefficient (Wildman–Crippen LogP) is 2.47. The van der Waals surface area contributed by atoms with E-state index >= 15 is 0 Å². The molecule has 0 saturated carbocycles. The van der Waals surface area contributed by atoms with E-state index in [1.807, 2.05) is 22.9 Å². The molecule has 0 atom stereocenters. The highest BCUT2D eigenvalue weighted by Gasteiger charge is 2.12. The molecule has 7 nitrogen and oxygen atoms in total. The third-order valence-electron chi connectivity index (χ3n) is 3.61. The zero-order valence-corrected chi connectivity index (χ0v) is 13.8. The SMILES string of the molecule is Cc1noc(Cl)c1CCC(=O)NCc1ccnc(-n2ccnc2)c1. The van der Waals surface area contributed by atoms with Crippen LogP contribution in [0.2, 0.25) is 5.22 Å². The summed E-state index contributed by atoms with van der Waals surface area (Å²) in [6.45, 7) is 2.23. The number of hydrogen-bond acceptors (Lipinski definition) is 5. The van der Waals surface area contributed by atoms with Crippen LogP contribution in [0.1, 0.15) is 23.2 Å². The highest BCUT2D eigenvalue weighted by molar-refractivity contribution is 6.29. The number of aromatic nitrogens is 4. The number of nitrogens with zero attached hydrogens (tertiary/aromatic N) is 4. The average molecular weight is 346 g/mol. The van der Waals surface area contributed by atoms with Gasteiger partial charge in [-0.05, 0) is 42.6 Å². The Hall–Kier alpha value is -2.67. The minimum atomic E-state index is -0.0624. The molecule has 0 aromatic carbocycles. The highest BCUT2D eigenvalue weighted by atomic mass is 35.5. The van der Waals surface area contributed by atoms with Gasteiger partial charge in [0.2, 0.25) is 11.1 Å². The summed E-state index contributed by atoms with van der Waals surface area (Å²) in [6.07, 6.45) is 7.70. The van der Waals surface area contributed by atoms with Gasteiger partial charge in [0.05, 0.1) is 5.69 Å². The van der Waals surface area contributed by atoms with Crippen LogP contribution in [0.3, 0.4) is 0 Å². The van der Waals surface area contributed by atoms with Crippen LogP contribution in [0, 0.1) is 6.92 Å². The molecule has 0 fully saturated rings. The van der Waals surface area contributed by atoms with Crippen molar-refractivity contribution in [2.45, 2.75) is 26.3 Å². The largest absolute Gasteiger partial charge is 0.352 e. The van der Waals surface area contributed by atoms with Crippen molar-refractivity contribution < 1.29 is 9.32 Å². The smallest absolute Gasteiger partial charge is 0.229 e. The Kier molecular flexibility index (Phi) is 4.90. The lowest BCUT2D eigenvalue weighted by atomic mass is 10.1. The third-order valence-corrected chi connectivity index (χ3v) is 3.90. The van der Waals surface area contributed by atoms with Gasteiger partial charge in [-0.25, -0.2) is 9.97 Å². The number of carbonyl (C=O) groups is 1. The van der Waals surface area contributed by atoms with Crippen LogP contribution in [0.15, 0.2) is 41.6 Å². The van der Waals surface area contributed by atoms with Crippen LogP contribution >= 0.6 is 11.6 Å². The molecule has 24 heavy (non-hydrogen) atoms. The van der Waals surface area contributed by atoms with E-state index in [9.17, 15) is 4.79 Å². The van der Waals surface area contributed by atoms with Gasteiger partial charge < -0.3 is 9.84 Å². The molecule has 0 bridgehead atoms. The molecule has 124 valence electrons. The second-order valence-corrected chi connectivity index (χ2v) is 5.63. The van der Waals surface area contributed by atoms with Crippen molar-refractivity contribution in [2.75, 3.05) is 0 Å². The molecular weight excluding hydrogens is 330 g/mol. The lowest BCUT2D eigenvalue weighted by Crippen LogP contribution is -2.23. The Labute approximate surface area is 143 Å². The molecule has 3 rings (SSSR count). The van der Waals surface area contributed by atoms with Gasteiger partial charge in [0.25, 0.3) is 0 Å². The highest BCUT2D eigenvalue weighted by Crippen LogP contribution is 2.20. The van der Waals surface area contributed by atoms with Crippen LogP contribution in [0.4, 0.5) is 0 Å². The maximum Gasteiger partial charge on any atom is 0.229 e. The van der Waals surface area contributed by atoms with Crippen LogP contribution in [0.5, 0.6) is 0 Å². The van der Waals surface area contributed by atoms with Gasteiger partial charge in [-0.15, -0.1) is 0 Å². The molecular formula is C16H16ClN5O2. The van der Waals surface area contributed by atoms with Gasteiger partial charge in [0, 0.05) is 37.1 Å². The van der Waals surface area contributed by atoms with E-state index in [1.165, 1.54) is 0 Å². The van der Waals surface area contributed by atoms with E-state index in [0.29, 0.717) is 25.1 Å². The normalized spacial score (nSPS) is 10.8. The van der Waals surface area contributed by atoms with Crippen molar-refractivity contribution in [1.82, 2.24) is 25.0 Å². The minimum absolute atomic E-state index is 0.0624. The molecule has 0 radical (unpaired) electrons. The number of imidazole rings is 1. The van der Waals surface area contributed by atoms with E-state index in [4.69, 9.17) is 16.1 Å². The first-order chi connectivity index (χ1) is 11.6. The van der Waals surface area contributed by atoms with E-state index in [1.54, 1.807) is 25.6 Å². The van der Waals surface area contributed by atoms with Crippen molar-refractivity contribution >= 4 is 17.5 Å². The number of carbonyl (C=O) groups excluding carboxylic acids is 1. The number of hydrogen-bond donors (Lipinski definition) is 1. The van der Waals surface area contributed by atoms with Gasteiger partial charge in [0.1, 0.15) is 12.1 Å². The topological polar surface area (TPSA) is 85.8 Å². The van der Waals surface area contributed by atoms with Gasteiger partial charge in [0.15, 0.2) is 0 Å². The Morgan fingerprint density at radius 3 is 3.00 bits per heavy atom. The maximum atomic E-state index is 12.0. The number of aryl methyl sites for hydroxylation is 1. The Morgan fingerprint density at radius 1 is 1.42 bits per heavy atom. The monoisotopic (exact) mass is 345 g/mol. The first kappa shape index (κ1) is 16.2. The zero-order chi connectivity index (χ0) is 16.9. The molecule has 0 saturated heterocycles. The van der Waals surface area contributed by atoms with Crippen LogP contribution in [-0.2, 0) is 17.8 Å². The molecule has 0 unspecified atom stereocenters. The average Bonchev–Trinajstić information content (AvgIpc) is 3.22.